The van der Waals surface area contributed by atoms with Crippen LogP contribution in [0.5, 0.6) is 0 Å². The van der Waals surface area contributed by atoms with Gasteiger partial charge in [-0.15, -0.1) is 0 Å². The molecule has 2 aromatic heterocycles. The van der Waals surface area contributed by atoms with Crippen LogP contribution in [0, 0.1) is 13.8 Å². The van der Waals surface area contributed by atoms with Crippen molar-refractivity contribution in [2.75, 3.05) is 11.9 Å². The predicted octanol–water partition coefficient (Wildman–Crippen LogP) is 3.29. The lowest BCUT2D eigenvalue weighted by Crippen LogP contribution is -2.07. The number of nitrogens with zero attached hydrogens (tertiary/aromatic N) is 4. The molecule has 0 aliphatic heterocycles. The third-order valence-corrected chi connectivity index (χ3v) is 4.75. The highest BCUT2D eigenvalue weighted by molar-refractivity contribution is 7.99. The van der Waals surface area contributed by atoms with Crippen molar-refractivity contribution in [3.8, 4) is 0 Å². The highest BCUT2D eigenvalue weighted by atomic mass is 32.2. The molecule has 1 saturated carbocycles. The van der Waals surface area contributed by atoms with Gasteiger partial charge in [0.1, 0.15) is 21.7 Å². The van der Waals surface area contributed by atoms with E-state index in [1.54, 1.807) is 11.8 Å². The summed E-state index contributed by atoms with van der Waals surface area (Å²) in [5.41, 5.74) is 2.14. The summed E-state index contributed by atoms with van der Waals surface area (Å²) in [5, 5.41) is 9.90. The van der Waals surface area contributed by atoms with Gasteiger partial charge in [0.2, 0.25) is 0 Å². The Labute approximate surface area is 129 Å². The van der Waals surface area contributed by atoms with E-state index in [1.165, 1.54) is 12.8 Å². The van der Waals surface area contributed by atoms with Gasteiger partial charge in [0.25, 0.3) is 0 Å². The molecule has 0 radical (unpaired) electrons. The van der Waals surface area contributed by atoms with Gasteiger partial charge >= 0.3 is 0 Å². The lowest BCUT2D eigenvalue weighted by Gasteiger charge is -2.12. The second-order valence-electron chi connectivity index (χ2n) is 5.51. The maximum absolute atomic E-state index is 4.79. The number of aromatic nitrogens is 4. The van der Waals surface area contributed by atoms with Crippen molar-refractivity contribution in [1.29, 1.82) is 0 Å². The molecule has 1 N–H and O–H groups in total. The Hall–Kier alpha value is -1.56. The quantitative estimate of drug-likeness (QED) is 0.859. The summed E-state index contributed by atoms with van der Waals surface area (Å²) in [6.07, 6.45) is 2.42. The van der Waals surface area contributed by atoms with Gasteiger partial charge in [-0.05, 0) is 51.4 Å². The maximum atomic E-state index is 4.79. The van der Waals surface area contributed by atoms with Crippen LogP contribution in [0.15, 0.2) is 16.1 Å². The van der Waals surface area contributed by atoms with Gasteiger partial charge in [0.15, 0.2) is 0 Å². The molecule has 112 valence electrons. The van der Waals surface area contributed by atoms with E-state index in [0.717, 1.165) is 39.5 Å². The van der Waals surface area contributed by atoms with Gasteiger partial charge in [0.05, 0.1) is 5.69 Å². The van der Waals surface area contributed by atoms with Crippen molar-refractivity contribution in [2.24, 2.45) is 7.05 Å². The zero-order valence-electron chi connectivity index (χ0n) is 13.0. The van der Waals surface area contributed by atoms with Crippen LogP contribution in [0.25, 0.3) is 0 Å². The van der Waals surface area contributed by atoms with E-state index in [2.05, 4.69) is 30.3 Å². The molecule has 0 atom stereocenters. The Kier molecular flexibility index (Phi) is 3.89. The van der Waals surface area contributed by atoms with Crippen molar-refractivity contribution in [1.82, 2.24) is 19.7 Å². The standard InChI is InChI=1S/C15H21N5S/c1-5-16-13-10(3)15(18-14(17-13)11-6-7-11)21-12-8-9(2)19-20(12)4/h8,11H,5-7H2,1-4H3,(H,16,17,18). The van der Waals surface area contributed by atoms with Crippen LogP contribution in [0.4, 0.5) is 5.82 Å². The number of nitrogens with one attached hydrogen (secondary N) is 1. The molecular weight excluding hydrogens is 282 g/mol. The smallest absolute Gasteiger partial charge is 0.135 e. The first-order valence-electron chi connectivity index (χ1n) is 7.39. The molecule has 2 heterocycles. The van der Waals surface area contributed by atoms with Crippen LogP contribution in [-0.2, 0) is 7.05 Å². The fraction of sp³-hybridized carbons (Fsp3) is 0.533. The fourth-order valence-corrected chi connectivity index (χ4v) is 3.25. The lowest BCUT2D eigenvalue weighted by molar-refractivity contribution is 0.691. The Morgan fingerprint density at radius 3 is 2.67 bits per heavy atom. The molecule has 5 nitrogen and oxygen atoms in total. The molecule has 0 spiro atoms. The van der Waals surface area contributed by atoms with Gasteiger partial charge in [-0.3, -0.25) is 4.68 Å². The largest absolute Gasteiger partial charge is 0.370 e. The average molecular weight is 303 g/mol. The van der Waals surface area contributed by atoms with Gasteiger partial charge < -0.3 is 5.32 Å². The molecule has 1 aliphatic rings. The molecule has 1 aliphatic carbocycles. The SMILES string of the molecule is CCNc1nc(C2CC2)nc(Sc2cc(C)nn2C)c1C. The predicted molar refractivity (Wildman–Crippen MR) is 85.0 cm³/mol. The third kappa shape index (κ3) is 3.05. The fourth-order valence-electron chi connectivity index (χ4n) is 2.26. The molecular formula is C15H21N5S. The molecule has 1 fully saturated rings. The van der Waals surface area contributed by atoms with Crippen LogP contribution < -0.4 is 5.32 Å². The molecule has 0 aromatic carbocycles. The zero-order chi connectivity index (χ0) is 15.0. The first kappa shape index (κ1) is 14.4. The molecule has 2 aromatic rings. The zero-order valence-corrected chi connectivity index (χ0v) is 13.8. The van der Waals surface area contributed by atoms with Gasteiger partial charge in [-0.1, -0.05) is 0 Å². The van der Waals surface area contributed by atoms with E-state index in [9.17, 15) is 0 Å². The second kappa shape index (κ2) is 5.67. The summed E-state index contributed by atoms with van der Waals surface area (Å²) in [4.78, 5) is 9.49. The van der Waals surface area contributed by atoms with Crippen molar-refractivity contribution >= 4 is 17.6 Å². The van der Waals surface area contributed by atoms with Crippen LogP contribution in [0.1, 0.15) is 42.8 Å². The maximum Gasteiger partial charge on any atom is 0.135 e. The normalized spacial score (nSPS) is 14.5. The minimum atomic E-state index is 0.552. The summed E-state index contributed by atoms with van der Waals surface area (Å²) < 4.78 is 1.91. The van der Waals surface area contributed by atoms with Crippen LogP contribution >= 0.6 is 11.8 Å². The number of rotatable bonds is 5. The first-order chi connectivity index (χ1) is 10.1. The minimum Gasteiger partial charge on any atom is -0.370 e. The summed E-state index contributed by atoms with van der Waals surface area (Å²) in [6, 6.07) is 2.09. The molecule has 0 amide bonds. The molecule has 21 heavy (non-hydrogen) atoms. The number of anilines is 1. The van der Waals surface area contributed by atoms with Gasteiger partial charge in [-0.2, -0.15) is 5.10 Å². The Balaban J connectivity index is 1.97. The molecule has 6 heteroatoms. The summed E-state index contributed by atoms with van der Waals surface area (Å²) >= 11 is 1.67. The van der Waals surface area contributed by atoms with Gasteiger partial charge in [0, 0.05) is 25.1 Å². The van der Waals surface area contributed by atoms with E-state index in [4.69, 9.17) is 9.97 Å². The molecule has 0 bridgehead atoms. The molecule has 0 unspecified atom stereocenters. The summed E-state index contributed by atoms with van der Waals surface area (Å²) in [6.45, 7) is 7.06. The first-order valence-corrected chi connectivity index (χ1v) is 8.21. The summed E-state index contributed by atoms with van der Waals surface area (Å²) in [5.74, 6) is 2.50. The molecule has 0 saturated heterocycles. The third-order valence-electron chi connectivity index (χ3n) is 3.57. The summed E-state index contributed by atoms with van der Waals surface area (Å²) in [7, 11) is 1.97. The topological polar surface area (TPSA) is 55.6 Å². The minimum absolute atomic E-state index is 0.552. The van der Waals surface area contributed by atoms with Crippen LogP contribution in [0.3, 0.4) is 0 Å². The van der Waals surface area contributed by atoms with Gasteiger partial charge in [-0.25, -0.2) is 9.97 Å². The van der Waals surface area contributed by atoms with E-state index < -0.39 is 0 Å². The highest BCUT2D eigenvalue weighted by Gasteiger charge is 2.28. The number of hydrogen-bond acceptors (Lipinski definition) is 5. The monoisotopic (exact) mass is 303 g/mol. The second-order valence-corrected chi connectivity index (χ2v) is 6.52. The number of aryl methyl sites for hydroxylation is 2. The Morgan fingerprint density at radius 2 is 2.10 bits per heavy atom. The lowest BCUT2D eigenvalue weighted by atomic mass is 10.3. The van der Waals surface area contributed by atoms with E-state index in [1.807, 2.05) is 18.7 Å². The van der Waals surface area contributed by atoms with Crippen molar-refractivity contribution in [3.63, 3.8) is 0 Å². The molecule has 3 rings (SSSR count). The Morgan fingerprint density at radius 1 is 1.33 bits per heavy atom. The van der Waals surface area contributed by atoms with E-state index in [-0.39, 0.29) is 0 Å². The van der Waals surface area contributed by atoms with E-state index >= 15 is 0 Å². The van der Waals surface area contributed by atoms with E-state index in [0.29, 0.717) is 5.92 Å². The van der Waals surface area contributed by atoms with Crippen molar-refractivity contribution in [2.45, 2.75) is 49.6 Å². The van der Waals surface area contributed by atoms with Crippen molar-refractivity contribution in [3.05, 3.63) is 23.1 Å². The number of hydrogen-bond donors (Lipinski definition) is 1. The Bertz CT molecular complexity index is 660. The highest BCUT2D eigenvalue weighted by Crippen LogP contribution is 2.40. The average Bonchev–Trinajstić information content (AvgIpc) is 3.22. The van der Waals surface area contributed by atoms with Crippen LogP contribution in [0.2, 0.25) is 0 Å². The van der Waals surface area contributed by atoms with Crippen LogP contribution in [-0.4, -0.2) is 26.3 Å². The van der Waals surface area contributed by atoms with Crippen molar-refractivity contribution < 1.29 is 0 Å².